The van der Waals surface area contributed by atoms with Crippen LogP contribution in [0.1, 0.15) is 26.0 Å². The Morgan fingerprint density at radius 3 is 2.64 bits per heavy atom. The molecule has 1 amide bonds. The van der Waals surface area contributed by atoms with Crippen molar-refractivity contribution in [3.05, 3.63) is 40.4 Å². The van der Waals surface area contributed by atoms with E-state index in [9.17, 15) is 9.59 Å². The van der Waals surface area contributed by atoms with Crippen molar-refractivity contribution in [3.63, 3.8) is 0 Å². The number of hydrogen-bond acceptors (Lipinski definition) is 6. The molecule has 1 aromatic carbocycles. The molecule has 3 rings (SSSR count). The summed E-state index contributed by atoms with van der Waals surface area (Å²) in [5.41, 5.74) is 1.01. The number of carbonyl (C=O) groups excluding carboxylic acids is 1. The first-order valence-corrected chi connectivity index (χ1v) is 9.19. The lowest BCUT2D eigenvalue weighted by Crippen LogP contribution is -2.34. The molecule has 28 heavy (non-hydrogen) atoms. The predicted octanol–water partition coefficient (Wildman–Crippen LogP) is 2.53. The Kier molecular flexibility index (Phi) is 5.77. The van der Waals surface area contributed by atoms with Gasteiger partial charge in [-0.05, 0) is 43.5 Å². The van der Waals surface area contributed by atoms with Crippen molar-refractivity contribution in [2.45, 2.75) is 33.7 Å². The van der Waals surface area contributed by atoms with Gasteiger partial charge in [0.2, 0.25) is 5.91 Å². The summed E-state index contributed by atoms with van der Waals surface area (Å²) < 4.78 is 11.6. The summed E-state index contributed by atoms with van der Waals surface area (Å²) in [5, 5.41) is 11.7. The molecule has 0 radical (unpaired) electrons. The number of nitrogens with one attached hydrogen (secondary N) is 1. The molecule has 0 aliphatic carbocycles. The van der Waals surface area contributed by atoms with Crippen LogP contribution in [0.3, 0.4) is 0 Å². The number of ether oxygens (including phenoxy) is 1. The van der Waals surface area contributed by atoms with Gasteiger partial charge in [-0.1, -0.05) is 19.0 Å². The molecule has 2 heterocycles. The molecular formula is C20H24N4O4. The molecular weight excluding hydrogens is 360 g/mol. The summed E-state index contributed by atoms with van der Waals surface area (Å²) in [4.78, 5) is 25.0. The molecule has 0 spiro atoms. The number of amides is 1. The summed E-state index contributed by atoms with van der Waals surface area (Å²) in [6.45, 7) is 6.27. The zero-order valence-electron chi connectivity index (χ0n) is 16.5. The van der Waals surface area contributed by atoms with Crippen LogP contribution in [-0.4, -0.2) is 34.5 Å². The molecule has 0 atom stereocenters. The Hall–Kier alpha value is -3.16. The third kappa shape index (κ3) is 4.05. The Morgan fingerprint density at radius 1 is 1.29 bits per heavy atom. The molecule has 2 aromatic heterocycles. The second-order valence-electron chi connectivity index (χ2n) is 7.03. The second kappa shape index (κ2) is 8.24. The summed E-state index contributed by atoms with van der Waals surface area (Å²) in [6, 6.07) is 7.29. The Balaban J connectivity index is 1.98. The largest absolute Gasteiger partial charge is 0.497 e. The van der Waals surface area contributed by atoms with Crippen molar-refractivity contribution >= 4 is 16.8 Å². The van der Waals surface area contributed by atoms with Gasteiger partial charge in [0.15, 0.2) is 5.52 Å². The highest BCUT2D eigenvalue weighted by Crippen LogP contribution is 2.28. The van der Waals surface area contributed by atoms with E-state index < -0.39 is 5.56 Å². The molecule has 0 unspecified atom stereocenters. The smallest absolute Gasteiger partial charge is 0.297 e. The standard InChI is InChI=1S/C20H24N4O4/c1-12(2)9-10-21-16(25)11-24-20(26)19-17(13(3)28-23-19)18(22-24)14-5-7-15(27-4)8-6-14/h5-8,12H,9-11H2,1-4H3,(H,21,25). The SMILES string of the molecule is COc1ccc(-c2nn(CC(=O)NCCC(C)C)c(=O)c3noc(C)c23)cc1. The highest BCUT2D eigenvalue weighted by Gasteiger charge is 2.20. The molecule has 148 valence electrons. The van der Waals surface area contributed by atoms with Crippen molar-refractivity contribution in [2.75, 3.05) is 13.7 Å². The molecule has 0 aliphatic rings. The van der Waals surface area contributed by atoms with Gasteiger partial charge in [0.05, 0.1) is 12.5 Å². The molecule has 1 N–H and O–H groups in total. The maximum absolute atomic E-state index is 12.7. The number of fused-ring (bicyclic) bond motifs is 1. The highest BCUT2D eigenvalue weighted by molar-refractivity contribution is 5.93. The zero-order chi connectivity index (χ0) is 20.3. The first-order valence-electron chi connectivity index (χ1n) is 9.19. The molecule has 0 fully saturated rings. The predicted molar refractivity (Wildman–Crippen MR) is 105 cm³/mol. The number of aryl methyl sites for hydroxylation is 1. The summed E-state index contributed by atoms with van der Waals surface area (Å²) in [6.07, 6.45) is 0.868. The molecule has 0 saturated carbocycles. The normalized spacial score (nSPS) is 11.2. The van der Waals surface area contributed by atoms with Gasteiger partial charge in [0, 0.05) is 12.1 Å². The van der Waals surface area contributed by atoms with Crippen LogP contribution in [0.15, 0.2) is 33.6 Å². The van der Waals surface area contributed by atoms with E-state index in [2.05, 4.69) is 29.4 Å². The van der Waals surface area contributed by atoms with Crippen molar-refractivity contribution in [3.8, 4) is 17.0 Å². The minimum Gasteiger partial charge on any atom is -0.497 e. The first-order chi connectivity index (χ1) is 13.4. The molecule has 3 aromatic rings. The molecule has 0 saturated heterocycles. The van der Waals surface area contributed by atoms with Crippen LogP contribution in [-0.2, 0) is 11.3 Å². The van der Waals surface area contributed by atoms with Crippen LogP contribution in [0.4, 0.5) is 0 Å². The van der Waals surface area contributed by atoms with Crippen molar-refractivity contribution < 1.29 is 14.1 Å². The number of hydrogen-bond donors (Lipinski definition) is 1. The van der Waals surface area contributed by atoms with Crippen LogP contribution in [0.5, 0.6) is 5.75 Å². The maximum Gasteiger partial charge on any atom is 0.297 e. The van der Waals surface area contributed by atoms with E-state index >= 15 is 0 Å². The average molecular weight is 384 g/mol. The van der Waals surface area contributed by atoms with Gasteiger partial charge in [-0.25, -0.2) is 4.68 Å². The summed E-state index contributed by atoms with van der Waals surface area (Å²) >= 11 is 0. The molecule has 0 bridgehead atoms. The average Bonchev–Trinajstić information content (AvgIpc) is 3.06. The molecule has 0 aliphatic heterocycles. The Bertz CT molecular complexity index is 1030. The van der Waals surface area contributed by atoms with Gasteiger partial charge in [-0.2, -0.15) is 5.10 Å². The minimum atomic E-state index is -0.455. The number of aromatic nitrogens is 3. The fourth-order valence-corrected chi connectivity index (χ4v) is 2.89. The minimum absolute atomic E-state index is 0.160. The van der Waals surface area contributed by atoms with Crippen LogP contribution < -0.4 is 15.6 Å². The second-order valence-corrected chi connectivity index (χ2v) is 7.03. The topological polar surface area (TPSA) is 99.2 Å². The Labute approximate surface area is 162 Å². The molecule has 8 nitrogen and oxygen atoms in total. The van der Waals surface area contributed by atoms with Gasteiger partial charge in [0.1, 0.15) is 23.7 Å². The van der Waals surface area contributed by atoms with E-state index in [1.54, 1.807) is 26.2 Å². The maximum atomic E-state index is 12.7. The fraction of sp³-hybridized carbons (Fsp3) is 0.400. The fourth-order valence-electron chi connectivity index (χ4n) is 2.89. The zero-order valence-corrected chi connectivity index (χ0v) is 16.5. The van der Waals surface area contributed by atoms with Gasteiger partial charge < -0.3 is 14.6 Å². The van der Waals surface area contributed by atoms with E-state index in [1.165, 1.54) is 0 Å². The van der Waals surface area contributed by atoms with E-state index in [0.717, 1.165) is 16.7 Å². The number of methoxy groups -OCH3 is 1. The van der Waals surface area contributed by atoms with Crippen molar-refractivity contribution in [1.82, 2.24) is 20.3 Å². The van der Waals surface area contributed by atoms with Crippen molar-refractivity contribution in [2.24, 2.45) is 5.92 Å². The number of nitrogens with zero attached hydrogens (tertiary/aromatic N) is 3. The first kappa shape index (κ1) is 19.6. The van der Waals surface area contributed by atoms with E-state index in [0.29, 0.717) is 35.1 Å². The van der Waals surface area contributed by atoms with Crippen LogP contribution in [0.2, 0.25) is 0 Å². The van der Waals surface area contributed by atoms with Crippen molar-refractivity contribution in [1.29, 1.82) is 0 Å². The Morgan fingerprint density at radius 2 is 2.00 bits per heavy atom. The van der Waals surface area contributed by atoms with E-state index in [-0.39, 0.29) is 18.0 Å². The van der Waals surface area contributed by atoms with Crippen LogP contribution >= 0.6 is 0 Å². The quantitative estimate of drug-likeness (QED) is 0.672. The third-order valence-electron chi connectivity index (χ3n) is 4.46. The molecule has 8 heteroatoms. The monoisotopic (exact) mass is 384 g/mol. The number of carbonyl (C=O) groups is 1. The highest BCUT2D eigenvalue weighted by atomic mass is 16.5. The van der Waals surface area contributed by atoms with Crippen LogP contribution in [0.25, 0.3) is 22.2 Å². The number of rotatable bonds is 7. The van der Waals surface area contributed by atoms with Crippen LogP contribution in [0, 0.1) is 12.8 Å². The lowest BCUT2D eigenvalue weighted by molar-refractivity contribution is -0.121. The third-order valence-corrected chi connectivity index (χ3v) is 4.46. The van der Waals surface area contributed by atoms with Gasteiger partial charge in [0.25, 0.3) is 5.56 Å². The van der Waals surface area contributed by atoms with E-state index in [4.69, 9.17) is 9.26 Å². The number of benzene rings is 1. The van der Waals surface area contributed by atoms with Gasteiger partial charge >= 0.3 is 0 Å². The summed E-state index contributed by atoms with van der Waals surface area (Å²) in [7, 11) is 1.59. The van der Waals surface area contributed by atoms with Gasteiger partial charge in [-0.3, -0.25) is 9.59 Å². The summed E-state index contributed by atoms with van der Waals surface area (Å²) in [5.74, 6) is 1.42. The van der Waals surface area contributed by atoms with E-state index in [1.807, 2.05) is 12.1 Å². The van der Waals surface area contributed by atoms with Gasteiger partial charge in [-0.15, -0.1) is 0 Å². The lowest BCUT2D eigenvalue weighted by Gasteiger charge is -2.10. The lowest BCUT2D eigenvalue weighted by atomic mass is 10.1.